The average molecular weight is 426 g/mol. The second kappa shape index (κ2) is 11.4. The Kier molecular flexibility index (Phi) is 7.83. The Labute approximate surface area is 191 Å². The molecule has 1 aliphatic heterocycles. The summed E-state index contributed by atoms with van der Waals surface area (Å²) >= 11 is 0. The maximum atomic E-state index is 12.9. The molecule has 2 heterocycles. The molecule has 0 radical (unpaired) electrons. The number of hydrogen-bond donors (Lipinski definition) is 1. The summed E-state index contributed by atoms with van der Waals surface area (Å²) in [5.74, 6) is 0.578. The van der Waals surface area contributed by atoms with E-state index in [1.54, 1.807) is 0 Å². The van der Waals surface area contributed by atoms with Gasteiger partial charge in [-0.25, -0.2) is 0 Å². The van der Waals surface area contributed by atoms with Gasteiger partial charge in [0.15, 0.2) is 0 Å². The molecule has 2 aromatic carbocycles. The second-order valence-corrected chi connectivity index (χ2v) is 8.43. The fraction of sp³-hybridized carbons (Fsp3) is 0.286. The van der Waals surface area contributed by atoms with Crippen molar-refractivity contribution in [3.05, 3.63) is 108 Å². The highest BCUT2D eigenvalue weighted by Gasteiger charge is 2.23. The normalized spacial score (nSPS) is 15.3. The van der Waals surface area contributed by atoms with E-state index in [1.165, 1.54) is 0 Å². The molecule has 1 N–H and O–H groups in total. The number of nitrogens with zero attached hydrogens (tertiary/aromatic N) is 2. The molecule has 1 aliphatic rings. The van der Waals surface area contributed by atoms with Crippen LogP contribution < -0.4 is 5.32 Å². The predicted octanol–water partition coefficient (Wildman–Crippen LogP) is 5.10. The fourth-order valence-corrected chi connectivity index (χ4v) is 4.30. The van der Waals surface area contributed by atoms with Crippen molar-refractivity contribution < 1.29 is 4.79 Å². The van der Waals surface area contributed by atoms with Crippen LogP contribution in [0.2, 0.25) is 0 Å². The van der Waals surface area contributed by atoms with E-state index in [2.05, 4.69) is 51.6 Å². The van der Waals surface area contributed by atoms with E-state index in [9.17, 15) is 4.79 Å². The molecular formula is C28H31N3O. The van der Waals surface area contributed by atoms with Crippen molar-refractivity contribution in [3.63, 3.8) is 0 Å². The van der Waals surface area contributed by atoms with Crippen molar-refractivity contribution in [1.82, 2.24) is 15.2 Å². The number of carbonyl (C=O) groups is 1. The van der Waals surface area contributed by atoms with Gasteiger partial charge in [-0.15, -0.1) is 0 Å². The highest BCUT2D eigenvalue weighted by atomic mass is 16.1. The first-order valence-electron chi connectivity index (χ1n) is 11.5. The van der Waals surface area contributed by atoms with Gasteiger partial charge < -0.3 is 5.32 Å². The number of benzene rings is 2. The van der Waals surface area contributed by atoms with Crippen LogP contribution in [-0.4, -0.2) is 35.4 Å². The van der Waals surface area contributed by atoms with Gasteiger partial charge in [0, 0.05) is 19.2 Å². The molecule has 32 heavy (non-hydrogen) atoms. The molecule has 1 saturated heterocycles. The van der Waals surface area contributed by atoms with E-state index < -0.39 is 0 Å². The summed E-state index contributed by atoms with van der Waals surface area (Å²) in [6, 6.07) is 26.3. The van der Waals surface area contributed by atoms with Crippen molar-refractivity contribution in [2.75, 3.05) is 19.6 Å². The van der Waals surface area contributed by atoms with Gasteiger partial charge in [0.25, 0.3) is 0 Å². The van der Waals surface area contributed by atoms with Gasteiger partial charge in [0.1, 0.15) is 0 Å². The predicted molar refractivity (Wildman–Crippen MR) is 130 cm³/mol. The topological polar surface area (TPSA) is 45.2 Å². The van der Waals surface area contributed by atoms with Gasteiger partial charge >= 0.3 is 0 Å². The lowest BCUT2D eigenvalue weighted by atomic mass is 9.92. The lowest BCUT2D eigenvalue weighted by Gasteiger charge is -2.31. The number of amides is 1. The lowest BCUT2D eigenvalue weighted by molar-refractivity contribution is -0.122. The van der Waals surface area contributed by atoms with Gasteiger partial charge in [0.05, 0.1) is 11.7 Å². The second-order valence-electron chi connectivity index (χ2n) is 8.43. The zero-order valence-electron chi connectivity index (χ0n) is 18.4. The monoisotopic (exact) mass is 425 g/mol. The standard InChI is InChI=1S/C28H31N3O/c32-27(30-28(24-10-3-1-4-11-24)25-12-5-2-6-13-25)22-23-16-20-31(21-17-23)19-9-15-26-14-7-8-18-29-26/h1-15,18,23,28H,16-17,19-22H2,(H,30,32)/b15-9+. The summed E-state index contributed by atoms with van der Waals surface area (Å²) in [6.45, 7) is 3.00. The van der Waals surface area contributed by atoms with Crippen LogP contribution in [0.3, 0.4) is 0 Å². The fourth-order valence-electron chi connectivity index (χ4n) is 4.30. The molecule has 0 bridgehead atoms. The Hall–Kier alpha value is -3.24. The van der Waals surface area contributed by atoms with E-state index >= 15 is 0 Å². The minimum atomic E-state index is -0.110. The average Bonchev–Trinajstić information content (AvgIpc) is 2.85. The quantitative estimate of drug-likeness (QED) is 0.546. The molecule has 0 aliphatic carbocycles. The molecule has 0 unspecified atom stereocenters. The number of rotatable bonds is 8. The number of pyridine rings is 1. The summed E-state index contributed by atoms with van der Waals surface area (Å²) in [5, 5.41) is 3.29. The van der Waals surface area contributed by atoms with Crippen LogP contribution in [0.1, 0.15) is 42.1 Å². The smallest absolute Gasteiger partial charge is 0.221 e. The highest BCUT2D eigenvalue weighted by Crippen LogP contribution is 2.24. The van der Waals surface area contributed by atoms with E-state index in [-0.39, 0.29) is 11.9 Å². The summed E-state index contributed by atoms with van der Waals surface area (Å²) < 4.78 is 0. The van der Waals surface area contributed by atoms with Gasteiger partial charge in [-0.2, -0.15) is 0 Å². The van der Waals surface area contributed by atoms with E-state index in [0.29, 0.717) is 12.3 Å². The van der Waals surface area contributed by atoms with Crippen molar-refractivity contribution in [1.29, 1.82) is 0 Å². The maximum Gasteiger partial charge on any atom is 0.221 e. The number of aromatic nitrogens is 1. The van der Waals surface area contributed by atoms with Gasteiger partial charge in [-0.1, -0.05) is 72.8 Å². The van der Waals surface area contributed by atoms with Crippen LogP contribution in [0.5, 0.6) is 0 Å². The molecule has 164 valence electrons. The minimum absolute atomic E-state index is 0.110. The summed E-state index contributed by atoms with van der Waals surface area (Å²) in [6.07, 6.45) is 8.79. The molecule has 0 atom stereocenters. The van der Waals surface area contributed by atoms with Crippen LogP contribution in [0.25, 0.3) is 6.08 Å². The van der Waals surface area contributed by atoms with Crippen LogP contribution in [-0.2, 0) is 4.79 Å². The van der Waals surface area contributed by atoms with E-state index in [0.717, 1.165) is 49.3 Å². The third kappa shape index (κ3) is 6.38. The number of likely N-dealkylation sites (tertiary alicyclic amines) is 1. The molecule has 0 spiro atoms. The molecule has 4 heteroatoms. The van der Waals surface area contributed by atoms with E-state index in [4.69, 9.17) is 0 Å². The Balaban J connectivity index is 1.27. The van der Waals surface area contributed by atoms with Crippen LogP contribution in [0.4, 0.5) is 0 Å². The number of nitrogens with one attached hydrogen (secondary N) is 1. The van der Waals surface area contributed by atoms with Gasteiger partial charge in [-0.3, -0.25) is 14.7 Å². The number of hydrogen-bond acceptors (Lipinski definition) is 3. The molecular weight excluding hydrogens is 394 g/mol. The Morgan fingerprint density at radius 3 is 2.16 bits per heavy atom. The third-order valence-electron chi connectivity index (χ3n) is 6.09. The SMILES string of the molecule is O=C(CC1CCN(C/C=C/c2ccccn2)CC1)NC(c1ccccc1)c1ccccc1. The van der Waals surface area contributed by atoms with Crippen LogP contribution in [0, 0.1) is 5.92 Å². The van der Waals surface area contributed by atoms with E-state index in [1.807, 2.05) is 60.8 Å². The van der Waals surface area contributed by atoms with Crippen molar-refractivity contribution >= 4 is 12.0 Å². The number of piperidine rings is 1. The molecule has 3 aromatic rings. The van der Waals surface area contributed by atoms with Crippen molar-refractivity contribution in [2.24, 2.45) is 5.92 Å². The highest BCUT2D eigenvalue weighted by molar-refractivity contribution is 5.77. The largest absolute Gasteiger partial charge is 0.345 e. The molecule has 1 amide bonds. The van der Waals surface area contributed by atoms with Crippen LogP contribution in [0.15, 0.2) is 91.1 Å². The molecule has 1 aromatic heterocycles. The zero-order chi connectivity index (χ0) is 22.0. The summed E-state index contributed by atoms with van der Waals surface area (Å²) in [7, 11) is 0. The molecule has 1 fully saturated rings. The Morgan fingerprint density at radius 1 is 0.938 bits per heavy atom. The molecule has 4 nitrogen and oxygen atoms in total. The van der Waals surface area contributed by atoms with Crippen molar-refractivity contribution in [2.45, 2.75) is 25.3 Å². The van der Waals surface area contributed by atoms with Crippen molar-refractivity contribution in [3.8, 4) is 0 Å². The number of carbonyl (C=O) groups excluding carboxylic acids is 1. The molecule has 0 saturated carbocycles. The Morgan fingerprint density at radius 2 is 1.56 bits per heavy atom. The van der Waals surface area contributed by atoms with Gasteiger partial charge in [-0.05, 0) is 61.2 Å². The van der Waals surface area contributed by atoms with Crippen LogP contribution >= 0.6 is 0 Å². The third-order valence-corrected chi connectivity index (χ3v) is 6.09. The first-order valence-corrected chi connectivity index (χ1v) is 11.5. The first kappa shape index (κ1) is 22.0. The minimum Gasteiger partial charge on any atom is -0.345 e. The molecule has 4 rings (SSSR count). The maximum absolute atomic E-state index is 12.9. The lowest BCUT2D eigenvalue weighted by Crippen LogP contribution is -2.36. The van der Waals surface area contributed by atoms with Gasteiger partial charge in [0.2, 0.25) is 5.91 Å². The Bertz CT molecular complexity index is 941. The first-order chi connectivity index (χ1) is 15.8. The summed E-state index contributed by atoms with van der Waals surface area (Å²) in [4.78, 5) is 19.7. The summed E-state index contributed by atoms with van der Waals surface area (Å²) in [5.41, 5.74) is 3.22. The zero-order valence-corrected chi connectivity index (χ0v) is 18.4.